The van der Waals surface area contributed by atoms with Gasteiger partial charge in [-0.3, -0.25) is 4.68 Å². The van der Waals surface area contributed by atoms with Gasteiger partial charge in [-0.15, -0.1) is 0 Å². The largest absolute Gasteiger partial charge is 0.303 e. The Bertz CT molecular complexity index is 966. The summed E-state index contributed by atoms with van der Waals surface area (Å²) in [6.07, 6.45) is 16.5. The second kappa shape index (κ2) is 7.54. The van der Waals surface area contributed by atoms with Gasteiger partial charge < -0.3 is 4.90 Å². The summed E-state index contributed by atoms with van der Waals surface area (Å²) in [4.78, 5) is 2.78. The highest BCUT2D eigenvalue weighted by Crippen LogP contribution is 2.61. The summed E-state index contributed by atoms with van der Waals surface area (Å²) in [7, 11) is 1.95. The van der Waals surface area contributed by atoms with Crippen molar-refractivity contribution in [3.05, 3.63) is 41.9 Å². The lowest BCUT2D eigenvalue weighted by Crippen LogP contribution is -2.39. The van der Waals surface area contributed by atoms with Gasteiger partial charge >= 0.3 is 0 Å². The minimum absolute atomic E-state index is 0.658. The van der Waals surface area contributed by atoms with Crippen LogP contribution in [0, 0.1) is 36.0 Å². The van der Waals surface area contributed by atoms with Crippen LogP contribution in [0.25, 0.3) is 11.3 Å². The van der Waals surface area contributed by atoms with Crippen molar-refractivity contribution in [2.45, 2.75) is 51.9 Å². The number of fused-ring (bicyclic) bond motifs is 2. The van der Waals surface area contributed by atoms with Crippen molar-refractivity contribution < 1.29 is 0 Å². The van der Waals surface area contributed by atoms with Gasteiger partial charge in [0.05, 0.1) is 17.1 Å². The van der Waals surface area contributed by atoms with Crippen LogP contribution in [0.1, 0.15) is 49.9 Å². The predicted molar refractivity (Wildman–Crippen MR) is 122 cm³/mol. The van der Waals surface area contributed by atoms with Crippen LogP contribution in [0.15, 0.2) is 30.5 Å². The molecule has 4 atom stereocenters. The fraction of sp³-hybridized carbons (Fsp3) is 0.654. The molecule has 5 heteroatoms. The van der Waals surface area contributed by atoms with E-state index in [9.17, 15) is 0 Å². The first kappa shape index (κ1) is 19.7. The molecule has 0 N–H and O–H groups in total. The lowest BCUT2D eigenvalue weighted by molar-refractivity contribution is 0.135. The molecule has 0 radical (unpaired) electrons. The van der Waals surface area contributed by atoms with Crippen LogP contribution in [0.4, 0.5) is 0 Å². The highest BCUT2D eigenvalue weighted by Gasteiger charge is 2.54. The second-order valence-corrected chi connectivity index (χ2v) is 10.9. The molecule has 1 aliphatic heterocycles. The van der Waals surface area contributed by atoms with Crippen molar-refractivity contribution in [3.8, 4) is 11.3 Å². The van der Waals surface area contributed by atoms with E-state index < -0.39 is 0 Å². The predicted octanol–water partition coefficient (Wildman–Crippen LogP) is 4.43. The van der Waals surface area contributed by atoms with Crippen LogP contribution < -0.4 is 0 Å². The monoisotopic (exact) mass is 417 g/mol. The first-order valence-electron chi connectivity index (χ1n) is 12.3. The maximum absolute atomic E-state index is 4.53. The smallest absolute Gasteiger partial charge is 0.0964 e. The minimum Gasteiger partial charge on any atom is -0.303 e. The first-order chi connectivity index (χ1) is 15.1. The van der Waals surface area contributed by atoms with E-state index in [4.69, 9.17) is 0 Å². The lowest BCUT2D eigenvalue weighted by atomic mass is 9.87. The van der Waals surface area contributed by atoms with Gasteiger partial charge in [-0.2, -0.15) is 15.3 Å². The van der Waals surface area contributed by atoms with E-state index in [1.165, 1.54) is 58.2 Å². The molecule has 2 aromatic rings. The number of allylic oxidation sites excluding steroid dienone is 2. The summed E-state index contributed by atoms with van der Waals surface area (Å²) >= 11 is 0. The Morgan fingerprint density at radius 2 is 1.97 bits per heavy atom. The average Bonchev–Trinajstić information content (AvgIpc) is 3.11. The van der Waals surface area contributed by atoms with Gasteiger partial charge in [0, 0.05) is 25.4 Å². The zero-order valence-corrected chi connectivity index (χ0v) is 19.0. The minimum atomic E-state index is 0.658. The van der Waals surface area contributed by atoms with Gasteiger partial charge in [0.1, 0.15) is 0 Å². The van der Waals surface area contributed by atoms with Crippen molar-refractivity contribution in [2.24, 2.45) is 36.1 Å². The molecule has 31 heavy (non-hydrogen) atoms. The molecule has 2 aromatic heterocycles. The summed E-state index contributed by atoms with van der Waals surface area (Å²) in [6, 6.07) is 4.27. The Hall–Kier alpha value is -2.01. The molecular formula is C26H35N5. The molecule has 0 amide bonds. The number of hydrogen-bond acceptors (Lipinski definition) is 4. The van der Waals surface area contributed by atoms with Crippen LogP contribution in [0.2, 0.25) is 0 Å². The van der Waals surface area contributed by atoms with Gasteiger partial charge in [0.2, 0.25) is 0 Å². The third-order valence-corrected chi connectivity index (χ3v) is 8.88. The molecule has 3 heterocycles. The Kier molecular flexibility index (Phi) is 4.78. The van der Waals surface area contributed by atoms with E-state index in [0.29, 0.717) is 5.41 Å². The van der Waals surface area contributed by atoms with Crippen LogP contribution in [0.3, 0.4) is 0 Å². The SMILES string of the molecule is Cc1nn(C)cc1-c1ccc(CCC2CC23CCN(CC2CC4C=CC2C4)CC3)nn1. The van der Waals surface area contributed by atoms with Gasteiger partial charge in [-0.1, -0.05) is 12.2 Å². The zero-order valence-electron chi connectivity index (χ0n) is 19.0. The summed E-state index contributed by atoms with van der Waals surface area (Å²) in [5.74, 6) is 3.65. The first-order valence-corrected chi connectivity index (χ1v) is 12.3. The van der Waals surface area contributed by atoms with Gasteiger partial charge in [-0.05, 0) is 106 Å². The molecule has 1 saturated heterocycles. The lowest BCUT2D eigenvalue weighted by Gasteiger charge is -2.35. The number of likely N-dealkylation sites (tertiary alicyclic amines) is 1. The molecule has 3 fully saturated rings. The number of hydrogen-bond donors (Lipinski definition) is 0. The third-order valence-electron chi connectivity index (χ3n) is 8.88. The fourth-order valence-corrected chi connectivity index (χ4v) is 6.88. The number of rotatable bonds is 6. The Morgan fingerprint density at radius 1 is 1.10 bits per heavy atom. The van der Waals surface area contributed by atoms with Crippen LogP contribution in [-0.2, 0) is 13.5 Å². The van der Waals surface area contributed by atoms with Gasteiger partial charge in [0.25, 0.3) is 0 Å². The van der Waals surface area contributed by atoms with E-state index in [0.717, 1.165) is 52.7 Å². The van der Waals surface area contributed by atoms with E-state index >= 15 is 0 Å². The van der Waals surface area contributed by atoms with E-state index in [1.807, 2.05) is 24.9 Å². The molecule has 2 bridgehead atoms. The summed E-state index contributed by atoms with van der Waals surface area (Å²) in [5.41, 5.74) is 4.80. The van der Waals surface area contributed by atoms with E-state index in [2.05, 4.69) is 44.5 Å². The maximum Gasteiger partial charge on any atom is 0.0964 e. The van der Waals surface area contributed by atoms with Crippen molar-refractivity contribution in [3.63, 3.8) is 0 Å². The standard InChI is InChI=1S/C26H35N5/c1-18-24(17-30(2)29-18)25-8-7-23(27-28-25)6-5-22-15-26(22)9-11-31(12-10-26)16-21-14-19-3-4-20(21)13-19/h3-4,7-8,17,19-22H,5-6,9-16H2,1-2H3. The molecule has 4 aliphatic rings. The zero-order chi connectivity index (χ0) is 21.0. The highest BCUT2D eigenvalue weighted by molar-refractivity contribution is 5.60. The topological polar surface area (TPSA) is 46.8 Å². The van der Waals surface area contributed by atoms with E-state index in [1.54, 1.807) is 0 Å². The molecule has 5 nitrogen and oxygen atoms in total. The quantitative estimate of drug-likeness (QED) is 0.652. The normalized spacial score (nSPS) is 31.0. The summed E-state index contributed by atoms with van der Waals surface area (Å²) in [5, 5.41) is 13.4. The van der Waals surface area contributed by atoms with Crippen molar-refractivity contribution in [1.82, 2.24) is 24.9 Å². The Morgan fingerprint density at radius 3 is 2.61 bits per heavy atom. The highest BCUT2D eigenvalue weighted by atomic mass is 15.3. The average molecular weight is 418 g/mol. The van der Waals surface area contributed by atoms with E-state index in [-0.39, 0.29) is 0 Å². The molecule has 3 aliphatic carbocycles. The fourth-order valence-electron chi connectivity index (χ4n) is 6.88. The van der Waals surface area contributed by atoms with Gasteiger partial charge in [0.15, 0.2) is 0 Å². The van der Waals surface area contributed by atoms with Crippen molar-refractivity contribution >= 4 is 0 Å². The molecule has 164 valence electrons. The second-order valence-electron chi connectivity index (χ2n) is 10.9. The van der Waals surface area contributed by atoms with Crippen LogP contribution in [-0.4, -0.2) is 44.5 Å². The molecular weight excluding hydrogens is 382 g/mol. The Labute approximate surface area is 185 Å². The molecule has 0 aromatic carbocycles. The third kappa shape index (κ3) is 3.75. The number of piperidine rings is 1. The van der Waals surface area contributed by atoms with Gasteiger partial charge in [-0.25, -0.2) is 0 Å². The van der Waals surface area contributed by atoms with Crippen LogP contribution in [0.5, 0.6) is 0 Å². The number of nitrogens with zero attached hydrogens (tertiary/aromatic N) is 5. The molecule has 4 unspecified atom stereocenters. The van der Waals surface area contributed by atoms with Crippen LogP contribution >= 0.6 is 0 Å². The Balaban J connectivity index is 0.977. The maximum atomic E-state index is 4.53. The summed E-state index contributed by atoms with van der Waals surface area (Å²) < 4.78 is 1.84. The molecule has 6 rings (SSSR count). The molecule has 2 saturated carbocycles. The number of aryl methyl sites for hydroxylation is 3. The van der Waals surface area contributed by atoms with Crippen molar-refractivity contribution in [2.75, 3.05) is 19.6 Å². The molecule has 1 spiro atoms. The summed E-state index contributed by atoms with van der Waals surface area (Å²) in [6.45, 7) is 6.03. The van der Waals surface area contributed by atoms with Crippen molar-refractivity contribution in [1.29, 1.82) is 0 Å². The number of aromatic nitrogens is 4.